The van der Waals surface area contributed by atoms with Crippen LogP contribution in [0.2, 0.25) is 0 Å². The Balaban J connectivity index is 0.000000159. The van der Waals surface area contributed by atoms with E-state index in [0.717, 1.165) is 18.2 Å². The van der Waals surface area contributed by atoms with E-state index in [1.807, 2.05) is 0 Å². The summed E-state index contributed by atoms with van der Waals surface area (Å²) in [7, 11) is 0. The molecule has 0 bridgehead atoms. The number of ether oxygens (including phenoxy) is 3. The molecule has 3 fully saturated rings. The maximum Gasteiger partial charge on any atom is 0.191 e. The van der Waals surface area contributed by atoms with Crippen LogP contribution in [0.4, 0.5) is 43.9 Å². The molecular formula is C38H28F10N6O4. The highest BCUT2D eigenvalue weighted by atomic mass is 19.2. The molecule has 20 heteroatoms. The maximum atomic E-state index is 14.6. The zero-order valence-electron chi connectivity index (χ0n) is 29.5. The molecule has 0 amide bonds. The standard InChI is InChI=1S/C19H14F5N3O2.C17H11F5O2.C2H3N3/c20-11-1-2-13(14(22)5-11)19(28,8-27-10-25-9-26-27)18(3-4-18)29-17-15(23)6-12(21)7-16(17)24;18-9-1-2-11(12(20)5-9)17(8-23-17)16(3-4-16)24-15-13(21)6-10(19)7-14(15)22;1-3-2-5-4-1/h1-2,5-7,9-10,28H,3-4,8H2;1-2,5-7H,3-4,8H2;1-2H,(H,3,4,5). The molecule has 6 aromatic rings. The Morgan fingerprint density at radius 1 is 0.672 bits per heavy atom. The van der Waals surface area contributed by atoms with Crippen LogP contribution in [0.1, 0.15) is 36.8 Å². The first kappa shape index (κ1) is 40.2. The highest BCUT2D eigenvalue weighted by Gasteiger charge is 2.72. The third kappa shape index (κ3) is 7.80. The van der Waals surface area contributed by atoms with Crippen LogP contribution in [0.5, 0.6) is 11.5 Å². The van der Waals surface area contributed by atoms with Crippen LogP contribution in [0, 0.1) is 58.2 Å². The van der Waals surface area contributed by atoms with E-state index in [0.29, 0.717) is 49.2 Å². The van der Waals surface area contributed by atoms with Gasteiger partial charge in [-0.2, -0.15) is 10.2 Å². The smallest absolute Gasteiger partial charge is 0.191 e. The molecule has 1 aliphatic heterocycles. The number of aromatic nitrogens is 6. The first-order valence-electron chi connectivity index (χ1n) is 17.2. The Morgan fingerprint density at radius 2 is 1.22 bits per heavy atom. The summed E-state index contributed by atoms with van der Waals surface area (Å²) in [5.41, 5.74) is -6.49. The zero-order valence-corrected chi connectivity index (χ0v) is 29.5. The number of aromatic amines is 1. The Labute approximate surface area is 321 Å². The van der Waals surface area contributed by atoms with Gasteiger partial charge in [-0.25, -0.2) is 58.6 Å². The van der Waals surface area contributed by atoms with E-state index >= 15 is 0 Å². The predicted octanol–water partition coefficient (Wildman–Crippen LogP) is 7.50. The minimum atomic E-state index is -2.19. The van der Waals surface area contributed by atoms with E-state index in [-0.39, 0.29) is 37.1 Å². The van der Waals surface area contributed by atoms with Crippen LogP contribution in [0.3, 0.4) is 0 Å². The second-order valence-electron chi connectivity index (χ2n) is 13.6. The lowest BCUT2D eigenvalue weighted by atomic mass is 9.85. The van der Waals surface area contributed by atoms with Crippen molar-refractivity contribution in [2.24, 2.45) is 0 Å². The average molecular weight is 823 g/mol. The quantitative estimate of drug-likeness (QED) is 0.108. The fourth-order valence-corrected chi connectivity index (χ4v) is 6.63. The number of benzene rings is 4. The van der Waals surface area contributed by atoms with Gasteiger partial charge in [0.15, 0.2) is 46.0 Å². The van der Waals surface area contributed by atoms with Crippen molar-refractivity contribution in [2.75, 3.05) is 6.61 Å². The number of nitrogens with one attached hydrogen (secondary N) is 1. The van der Waals surface area contributed by atoms with Crippen molar-refractivity contribution in [3.05, 3.63) is 155 Å². The molecule has 9 rings (SSSR count). The molecule has 3 aliphatic rings. The van der Waals surface area contributed by atoms with E-state index in [2.05, 4.69) is 25.3 Å². The van der Waals surface area contributed by atoms with Crippen molar-refractivity contribution in [1.29, 1.82) is 0 Å². The Morgan fingerprint density at radius 3 is 1.66 bits per heavy atom. The third-order valence-electron chi connectivity index (χ3n) is 9.78. The summed E-state index contributed by atoms with van der Waals surface area (Å²) >= 11 is 0. The van der Waals surface area contributed by atoms with Crippen LogP contribution < -0.4 is 9.47 Å². The Kier molecular flexibility index (Phi) is 10.7. The molecule has 2 saturated carbocycles. The van der Waals surface area contributed by atoms with Gasteiger partial charge in [0.05, 0.1) is 13.2 Å². The van der Waals surface area contributed by atoms with Gasteiger partial charge in [0, 0.05) is 47.5 Å². The molecular weight excluding hydrogens is 794 g/mol. The lowest BCUT2D eigenvalue weighted by Crippen LogP contribution is -2.49. The predicted molar refractivity (Wildman–Crippen MR) is 178 cm³/mol. The number of H-pyrrole nitrogens is 1. The summed E-state index contributed by atoms with van der Waals surface area (Å²) in [5.74, 6) is -12.3. The van der Waals surface area contributed by atoms with Gasteiger partial charge in [-0.05, 0) is 37.8 Å². The minimum absolute atomic E-state index is 0.0735. The summed E-state index contributed by atoms with van der Waals surface area (Å²) in [6.45, 7) is -0.306. The maximum absolute atomic E-state index is 14.6. The van der Waals surface area contributed by atoms with Gasteiger partial charge in [-0.15, -0.1) is 0 Å². The molecule has 4 aromatic carbocycles. The minimum Gasteiger partial charge on any atom is -0.478 e. The highest BCUT2D eigenvalue weighted by Crippen LogP contribution is 2.62. The fraction of sp³-hybridized carbons (Fsp3) is 0.263. The van der Waals surface area contributed by atoms with Gasteiger partial charge in [-0.1, -0.05) is 12.1 Å². The topological polar surface area (TPSA) is 123 Å². The average Bonchev–Trinajstić information content (AvgIpc) is 4.13. The number of rotatable bonds is 10. The molecule has 2 unspecified atom stereocenters. The fourth-order valence-electron chi connectivity index (χ4n) is 6.63. The van der Waals surface area contributed by atoms with Crippen LogP contribution in [-0.2, 0) is 22.5 Å². The molecule has 3 heterocycles. The van der Waals surface area contributed by atoms with Crippen molar-refractivity contribution < 1.29 is 63.2 Å². The molecule has 58 heavy (non-hydrogen) atoms. The van der Waals surface area contributed by atoms with Crippen molar-refractivity contribution in [3.8, 4) is 11.5 Å². The summed E-state index contributed by atoms with van der Waals surface area (Å²) in [6, 6.07) is 7.47. The first-order valence-corrected chi connectivity index (χ1v) is 17.2. The van der Waals surface area contributed by atoms with Crippen molar-refractivity contribution >= 4 is 0 Å². The summed E-state index contributed by atoms with van der Waals surface area (Å²) < 4.78 is 155. The number of epoxide rings is 1. The number of hydrogen-bond donors (Lipinski definition) is 2. The molecule has 1 saturated heterocycles. The van der Waals surface area contributed by atoms with E-state index < -0.39 is 92.1 Å². The SMILES string of the molecule is Fc1ccc(C2(C3(Oc4c(F)cc(F)cc4F)CC3)CO2)c(F)c1.OC(Cn1cncn1)(c1ccc(F)cc1F)C1(Oc2c(F)cc(F)cc2F)CC1.c1nc[nH]n1. The lowest BCUT2D eigenvalue weighted by molar-refractivity contribution is -0.102. The van der Waals surface area contributed by atoms with Crippen molar-refractivity contribution in [2.45, 2.75) is 54.6 Å². The van der Waals surface area contributed by atoms with E-state index in [1.165, 1.54) is 36.1 Å². The summed E-state index contributed by atoms with van der Waals surface area (Å²) in [4.78, 5) is 7.30. The number of aliphatic hydroxyl groups is 1. The highest BCUT2D eigenvalue weighted by molar-refractivity contribution is 5.40. The molecule has 2 aromatic heterocycles. The molecule has 304 valence electrons. The monoisotopic (exact) mass is 822 g/mol. The van der Waals surface area contributed by atoms with Gasteiger partial charge < -0.3 is 19.3 Å². The second-order valence-corrected chi connectivity index (χ2v) is 13.6. The molecule has 2 atom stereocenters. The number of halogens is 10. The van der Waals surface area contributed by atoms with Gasteiger partial charge >= 0.3 is 0 Å². The number of nitrogens with zero attached hydrogens (tertiary/aromatic N) is 5. The molecule has 2 N–H and O–H groups in total. The second kappa shape index (κ2) is 15.4. The van der Waals surface area contributed by atoms with E-state index in [9.17, 15) is 49.0 Å². The normalized spacial score (nSPS) is 19.1. The van der Waals surface area contributed by atoms with Crippen molar-refractivity contribution in [1.82, 2.24) is 29.9 Å². The van der Waals surface area contributed by atoms with Gasteiger partial charge in [0.1, 0.15) is 71.4 Å². The molecule has 10 nitrogen and oxygen atoms in total. The zero-order chi connectivity index (χ0) is 41.5. The van der Waals surface area contributed by atoms with Crippen LogP contribution >= 0.6 is 0 Å². The van der Waals surface area contributed by atoms with Gasteiger partial charge in [0.2, 0.25) is 0 Å². The van der Waals surface area contributed by atoms with E-state index in [1.54, 1.807) is 0 Å². The van der Waals surface area contributed by atoms with Crippen LogP contribution in [0.15, 0.2) is 86.0 Å². The van der Waals surface area contributed by atoms with E-state index in [4.69, 9.17) is 14.2 Å². The molecule has 0 radical (unpaired) electrons. The van der Waals surface area contributed by atoms with Gasteiger partial charge in [0.25, 0.3) is 0 Å². The van der Waals surface area contributed by atoms with Crippen LogP contribution in [0.25, 0.3) is 0 Å². The Bertz CT molecular complexity index is 2350. The first-order chi connectivity index (χ1) is 27.6. The lowest BCUT2D eigenvalue weighted by Gasteiger charge is -2.37. The van der Waals surface area contributed by atoms with Gasteiger partial charge in [-0.3, -0.25) is 5.10 Å². The molecule has 2 aliphatic carbocycles. The third-order valence-corrected chi connectivity index (χ3v) is 9.78. The molecule has 0 spiro atoms. The van der Waals surface area contributed by atoms with Crippen LogP contribution in [-0.4, -0.2) is 52.9 Å². The Hall–Kier alpha value is -6.02. The largest absolute Gasteiger partial charge is 0.478 e. The number of hydrogen-bond acceptors (Lipinski definition) is 8. The summed E-state index contributed by atoms with van der Waals surface area (Å²) in [5, 5.41) is 21.4. The summed E-state index contributed by atoms with van der Waals surface area (Å²) in [6.07, 6.45) is 6.35. The van der Waals surface area contributed by atoms with Crippen molar-refractivity contribution in [3.63, 3.8) is 0 Å².